The first-order valence-corrected chi connectivity index (χ1v) is 5.53. The lowest BCUT2D eigenvalue weighted by atomic mass is 10.2. The zero-order chi connectivity index (χ0) is 15.7. The van der Waals surface area contributed by atoms with Crippen LogP contribution in [0, 0.1) is 30.3 Å². The van der Waals surface area contributed by atoms with E-state index in [0.29, 0.717) is 0 Å². The SMILES string of the molecule is [2H]OS(=O)(=O)c1c([N+](=O)[O-])cc([N+](=O)[O-])cc1[N+](=O)[O-]. The number of hydrogen-bond acceptors (Lipinski definition) is 9. The van der Waals surface area contributed by atoms with Crippen molar-refractivity contribution in [1.82, 2.24) is 0 Å². The van der Waals surface area contributed by atoms with E-state index in [1.54, 1.807) is 0 Å². The normalized spacial score (nSPS) is 11.7. The molecule has 0 unspecified atom stereocenters. The van der Waals surface area contributed by atoms with Gasteiger partial charge in [0.05, 0.1) is 26.9 Å². The average molecular weight is 294 g/mol. The molecule has 0 radical (unpaired) electrons. The van der Waals surface area contributed by atoms with Crippen LogP contribution in [-0.4, -0.2) is 27.7 Å². The van der Waals surface area contributed by atoms with Gasteiger partial charge in [0, 0.05) is 0 Å². The van der Waals surface area contributed by atoms with Gasteiger partial charge in [0.1, 0.15) is 0 Å². The monoisotopic (exact) mass is 294 g/mol. The van der Waals surface area contributed by atoms with Gasteiger partial charge in [-0.2, -0.15) is 8.42 Å². The molecule has 1 rings (SSSR count). The van der Waals surface area contributed by atoms with Crippen molar-refractivity contribution in [3.05, 3.63) is 42.5 Å². The standard InChI is InChI=1S/C6H3N3O9S/c10-7(11)3-1-4(8(12)13)6(19(16,17)18)5(2-3)9(14)15/h1-2H,(H,16,17,18)/i/hD. The number of benzene rings is 1. The summed E-state index contributed by atoms with van der Waals surface area (Å²) in [6, 6.07) is 0.442. The van der Waals surface area contributed by atoms with Crippen LogP contribution in [0.2, 0.25) is 0 Å². The first-order chi connectivity index (χ1) is 9.11. The van der Waals surface area contributed by atoms with Crippen molar-refractivity contribution < 1.29 is 27.7 Å². The molecule has 0 saturated carbocycles. The highest BCUT2D eigenvalue weighted by atomic mass is 32.2. The molecule has 13 heteroatoms. The van der Waals surface area contributed by atoms with Crippen LogP contribution in [0.5, 0.6) is 0 Å². The zero-order valence-corrected chi connectivity index (χ0v) is 9.40. The van der Waals surface area contributed by atoms with Crippen molar-refractivity contribution in [2.45, 2.75) is 4.90 Å². The van der Waals surface area contributed by atoms with Crippen LogP contribution in [0.25, 0.3) is 1.43 Å². The van der Waals surface area contributed by atoms with Crippen molar-refractivity contribution in [2.24, 2.45) is 0 Å². The number of nitrogens with zero attached hydrogens (tertiary/aromatic N) is 3. The lowest BCUT2D eigenvalue weighted by Crippen LogP contribution is -2.08. The third-order valence-corrected chi connectivity index (χ3v) is 2.81. The van der Waals surface area contributed by atoms with Gasteiger partial charge < -0.3 is 0 Å². The maximum Gasteiger partial charge on any atom is 0.308 e. The van der Waals surface area contributed by atoms with E-state index >= 15 is 0 Å². The van der Waals surface area contributed by atoms with Crippen molar-refractivity contribution in [3.8, 4) is 0 Å². The van der Waals surface area contributed by atoms with Crippen LogP contribution >= 0.6 is 0 Å². The molecule has 0 saturated heterocycles. The number of nitro benzene ring substituents is 3. The minimum Gasteiger partial charge on any atom is -0.281 e. The molecule has 0 aliphatic carbocycles. The minimum absolute atomic E-state index is 0.221. The molecule has 1 aromatic rings. The molecule has 1 aromatic carbocycles. The third kappa shape index (κ3) is 2.78. The van der Waals surface area contributed by atoms with Gasteiger partial charge in [-0.05, 0) is 0 Å². The first kappa shape index (κ1) is 12.8. The van der Waals surface area contributed by atoms with E-state index in [4.69, 9.17) is 1.43 Å². The molecule has 0 fully saturated rings. The third-order valence-electron chi connectivity index (χ3n) is 1.89. The van der Waals surface area contributed by atoms with E-state index in [1.807, 2.05) is 0 Å². The van der Waals surface area contributed by atoms with Crippen molar-refractivity contribution in [1.29, 1.82) is 1.43 Å². The number of rotatable bonds is 5. The molecule has 102 valence electrons. The van der Waals surface area contributed by atoms with Crippen molar-refractivity contribution in [3.63, 3.8) is 0 Å². The van der Waals surface area contributed by atoms with Crippen LogP contribution in [0.1, 0.15) is 0 Å². The topological polar surface area (TPSA) is 184 Å². The number of non-ortho nitro benzene ring substituents is 1. The van der Waals surface area contributed by atoms with E-state index in [-0.39, 0.29) is 12.1 Å². The van der Waals surface area contributed by atoms with E-state index in [2.05, 4.69) is 4.56 Å². The van der Waals surface area contributed by atoms with E-state index in [1.165, 1.54) is 0 Å². The lowest BCUT2D eigenvalue weighted by Gasteiger charge is -2.01. The van der Waals surface area contributed by atoms with Gasteiger partial charge in [-0.3, -0.25) is 34.9 Å². The van der Waals surface area contributed by atoms with E-state index < -0.39 is 46.8 Å². The molecule has 12 nitrogen and oxygen atoms in total. The van der Waals surface area contributed by atoms with Crippen LogP contribution in [0.15, 0.2) is 17.0 Å². The van der Waals surface area contributed by atoms with Gasteiger partial charge in [0.15, 0.2) is 0 Å². The average Bonchev–Trinajstić information content (AvgIpc) is 2.36. The van der Waals surface area contributed by atoms with Crippen molar-refractivity contribution >= 4 is 27.2 Å². The Morgan fingerprint density at radius 1 is 1.00 bits per heavy atom. The lowest BCUT2D eigenvalue weighted by molar-refractivity contribution is -0.407. The maximum atomic E-state index is 11.3. The Balaban J connectivity index is 3.93. The Bertz CT molecular complexity index is 679. The fourth-order valence-corrected chi connectivity index (χ4v) is 2.00. The molecule has 0 bridgehead atoms. The second-order valence-electron chi connectivity index (χ2n) is 3.04. The molecule has 0 heterocycles. The second-order valence-corrected chi connectivity index (χ2v) is 4.36. The highest BCUT2D eigenvalue weighted by Crippen LogP contribution is 2.36. The van der Waals surface area contributed by atoms with Gasteiger partial charge in [-0.25, -0.2) is 0 Å². The Morgan fingerprint density at radius 2 is 1.42 bits per heavy atom. The molecule has 1 N–H and O–H groups in total. The summed E-state index contributed by atoms with van der Waals surface area (Å²) in [6.07, 6.45) is 0. The summed E-state index contributed by atoms with van der Waals surface area (Å²) < 4.78 is 32.2. The highest BCUT2D eigenvalue weighted by Gasteiger charge is 2.37. The van der Waals surface area contributed by atoms with Gasteiger partial charge in [0.25, 0.3) is 5.69 Å². The maximum absolute atomic E-state index is 11.3. The van der Waals surface area contributed by atoms with Crippen molar-refractivity contribution in [2.75, 3.05) is 0 Å². The summed E-state index contributed by atoms with van der Waals surface area (Å²) in [5.41, 5.74) is -3.91. The largest absolute Gasteiger partial charge is 0.308 e. The number of nitro groups is 3. The quantitative estimate of drug-likeness (QED) is 0.462. The Kier molecular flexibility index (Phi) is 3.05. The molecular weight excluding hydrogens is 290 g/mol. The van der Waals surface area contributed by atoms with Crippen LogP contribution in [-0.2, 0) is 10.1 Å². The molecule has 0 atom stereocenters. The van der Waals surface area contributed by atoms with Gasteiger partial charge in [-0.1, -0.05) is 0 Å². The fourth-order valence-electron chi connectivity index (χ4n) is 1.22. The molecule has 0 spiro atoms. The van der Waals surface area contributed by atoms with Crippen LogP contribution in [0.4, 0.5) is 17.1 Å². The predicted octanol–water partition coefficient (Wildman–Crippen LogP) is 0.658. The van der Waals surface area contributed by atoms with Gasteiger partial charge in [0.2, 0.25) is 6.33 Å². The van der Waals surface area contributed by atoms with E-state index in [0.717, 1.165) is 0 Å². The Labute approximate surface area is 105 Å². The summed E-state index contributed by atoms with van der Waals surface area (Å²) in [5.74, 6) is 0. The fraction of sp³-hybridized carbons (Fsp3) is 0. The summed E-state index contributed by atoms with van der Waals surface area (Å²) in [7, 11) is -5.13. The molecule has 0 aliphatic rings. The predicted molar refractivity (Wildman–Crippen MR) is 56.2 cm³/mol. The summed E-state index contributed by atoms with van der Waals surface area (Å²) >= 11 is 0. The minimum atomic E-state index is -5.13. The van der Waals surface area contributed by atoms with E-state index in [9.17, 15) is 38.8 Å². The first-order valence-electron chi connectivity index (χ1n) is 4.53. The van der Waals surface area contributed by atoms with Crippen LogP contribution in [0.3, 0.4) is 0 Å². The summed E-state index contributed by atoms with van der Waals surface area (Å²) in [4.78, 5) is 26.5. The smallest absolute Gasteiger partial charge is 0.281 e. The highest BCUT2D eigenvalue weighted by molar-refractivity contribution is 7.86. The number of hydrogen-bond donors (Lipinski definition) is 1. The van der Waals surface area contributed by atoms with Crippen LogP contribution < -0.4 is 0 Å². The molecular formula is C6H3N3O9S. The molecule has 19 heavy (non-hydrogen) atoms. The zero-order valence-electron chi connectivity index (χ0n) is 9.58. The van der Waals surface area contributed by atoms with Gasteiger partial charge >= 0.3 is 21.5 Å². The summed E-state index contributed by atoms with van der Waals surface area (Å²) in [5, 5.41) is 31.9. The van der Waals surface area contributed by atoms with Gasteiger partial charge in [-0.15, -0.1) is 0 Å². The molecule has 0 amide bonds. The Hall–Kier alpha value is -2.67. The molecule has 0 aromatic heterocycles. The second kappa shape index (κ2) is 4.54. The molecule has 0 aliphatic heterocycles. The summed E-state index contributed by atoms with van der Waals surface area (Å²) in [6.45, 7) is 0. The Morgan fingerprint density at radius 3 is 1.68 bits per heavy atom.